The highest BCUT2D eigenvalue weighted by Crippen LogP contribution is 2.29. The molecule has 0 bridgehead atoms. The molecule has 1 aromatic heterocycles. The standard InChI is InChI=1S/C21H23Cl2N3O2/c1-13-19(16-10-17(22)12-18(23)11-16)3-4-20(24-13)25-21(28)9-15-5-7-26(8-6-15)14(2)27/h3-4,10-12,15H,5-9H2,1-2H3,(H,24,25,28). The van der Waals surface area contributed by atoms with Crippen molar-refractivity contribution in [3.63, 3.8) is 0 Å². The summed E-state index contributed by atoms with van der Waals surface area (Å²) in [4.78, 5) is 30.1. The summed E-state index contributed by atoms with van der Waals surface area (Å²) in [6.07, 6.45) is 2.15. The van der Waals surface area contributed by atoms with Crippen LogP contribution >= 0.6 is 23.2 Å². The third-order valence-electron chi connectivity index (χ3n) is 5.06. The van der Waals surface area contributed by atoms with Gasteiger partial charge >= 0.3 is 0 Å². The monoisotopic (exact) mass is 419 g/mol. The number of pyridine rings is 1. The molecule has 2 amide bonds. The fraction of sp³-hybridized carbons (Fsp3) is 0.381. The molecule has 1 fully saturated rings. The third-order valence-corrected chi connectivity index (χ3v) is 5.50. The highest BCUT2D eigenvalue weighted by molar-refractivity contribution is 6.35. The Hall–Kier alpha value is -2.11. The smallest absolute Gasteiger partial charge is 0.225 e. The number of aromatic nitrogens is 1. The number of benzene rings is 1. The molecule has 7 heteroatoms. The third kappa shape index (κ3) is 5.24. The van der Waals surface area contributed by atoms with Crippen LogP contribution in [0.5, 0.6) is 0 Å². The van der Waals surface area contributed by atoms with Gasteiger partial charge in [-0.3, -0.25) is 9.59 Å². The predicted molar refractivity (Wildman–Crippen MR) is 113 cm³/mol. The van der Waals surface area contributed by atoms with E-state index in [-0.39, 0.29) is 11.8 Å². The molecular weight excluding hydrogens is 397 g/mol. The van der Waals surface area contributed by atoms with Crippen molar-refractivity contribution < 1.29 is 9.59 Å². The zero-order valence-corrected chi connectivity index (χ0v) is 17.5. The molecule has 28 heavy (non-hydrogen) atoms. The van der Waals surface area contributed by atoms with Gasteiger partial charge in [-0.1, -0.05) is 23.2 Å². The van der Waals surface area contributed by atoms with Crippen molar-refractivity contribution in [3.05, 3.63) is 46.1 Å². The summed E-state index contributed by atoms with van der Waals surface area (Å²) in [6.45, 7) is 4.92. The molecule has 1 aliphatic heterocycles. The maximum Gasteiger partial charge on any atom is 0.225 e. The Morgan fingerprint density at radius 2 is 1.79 bits per heavy atom. The van der Waals surface area contributed by atoms with Gasteiger partial charge in [-0.05, 0) is 61.6 Å². The van der Waals surface area contributed by atoms with E-state index in [1.54, 1.807) is 19.1 Å². The molecule has 1 saturated heterocycles. The Kier molecular flexibility index (Phi) is 6.57. The molecule has 148 valence electrons. The molecule has 1 aliphatic rings. The number of nitrogens with zero attached hydrogens (tertiary/aromatic N) is 2. The van der Waals surface area contributed by atoms with E-state index in [2.05, 4.69) is 10.3 Å². The molecule has 0 aliphatic carbocycles. The van der Waals surface area contributed by atoms with E-state index < -0.39 is 0 Å². The minimum atomic E-state index is -0.0493. The van der Waals surface area contributed by atoms with E-state index >= 15 is 0 Å². The molecule has 2 heterocycles. The van der Waals surface area contributed by atoms with E-state index in [1.807, 2.05) is 30.0 Å². The van der Waals surface area contributed by atoms with Gasteiger partial charge in [0.25, 0.3) is 0 Å². The van der Waals surface area contributed by atoms with Crippen LogP contribution in [0, 0.1) is 12.8 Å². The highest BCUT2D eigenvalue weighted by atomic mass is 35.5. The van der Waals surface area contributed by atoms with Crippen LogP contribution in [-0.2, 0) is 9.59 Å². The van der Waals surface area contributed by atoms with Crippen LogP contribution in [0.25, 0.3) is 11.1 Å². The number of hydrogen-bond acceptors (Lipinski definition) is 3. The summed E-state index contributed by atoms with van der Waals surface area (Å²) in [7, 11) is 0. The second-order valence-corrected chi connectivity index (χ2v) is 8.06. The number of anilines is 1. The van der Waals surface area contributed by atoms with E-state index in [4.69, 9.17) is 23.2 Å². The van der Waals surface area contributed by atoms with Crippen molar-refractivity contribution >= 4 is 40.8 Å². The van der Waals surface area contributed by atoms with Gasteiger partial charge in [-0.15, -0.1) is 0 Å². The first-order chi connectivity index (χ1) is 13.3. The maximum absolute atomic E-state index is 12.4. The Balaban J connectivity index is 1.61. The summed E-state index contributed by atoms with van der Waals surface area (Å²) in [6, 6.07) is 9.05. The first kappa shape index (κ1) is 20.6. The van der Waals surface area contributed by atoms with Crippen molar-refractivity contribution in [1.29, 1.82) is 0 Å². The van der Waals surface area contributed by atoms with Crippen LogP contribution in [0.15, 0.2) is 30.3 Å². The van der Waals surface area contributed by atoms with Gasteiger partial charge < -0.3 is 10.2 Å². The Labute approximate surface area is 175 Å². The molecule has 0 unspecified atom stereocenters. The molecule has 5 nitrogen and oxygen atoms in total. The number of amides is 2. The Bertz CT molecular complexity index is 873. The lowest BCUT2D eigenvalue weighted by atomic mass is 9.93. The van der Waals surface area contributed by atoms with Crippen LogP contribution in [0.2, 0.25) is 10.0 Å². The number of aryl methyl sites for hydroxylation is 1. The number of rotatable bonds is 4. The molecule has 1 aromatic carbocycles. The number of carbonyl (C=O) groups excluding carboxylic acids is 2. The van der Waals surface area contributed by atoms with Crippen LogP contribution in [0.3, 0.4) is 0 Å². The van der Waals surface area contributed by atoms with E-state index in [9.17, 15) is 9.59 Å². The lowest BCUT2D eigenvalue weighted by molar-refractivity contribution is -0.130. The SMILES string of the molecule is CC(=O)N1CCC(CC(=O)Nc2ccc(-c3cc(Cl)cc(Cl)c3)c(C)n2)CC1. The average Bonchev–Trinajstić information content (AvgIpc) is 2.61. The quantitative estimate of drug-likeness (QED) is 0.761. The van der Waals surface area contributed by atoms with Crippen molar-refractivity contribution in [2.75, 3.05) is 18.4 Å². The van der Waals surface area contributed by atoms with E-state index in [0.717, 1.165) is 42.8 Å². The zero-order valence-electron chi connectivity index (χ0n) is 16.0. The van der Waals surface area contributed by atoms with Gasteiger partial charge in [-0.25, -0.2) is 4.98 Å². The van der Waals surface area contributed by atoms with Crippen LogP contribution in [-0.4, -0.2) is 34.8 Å². The highest BCUT2D eigenvalue weighted by Gasteiger charge is 2.22. The van der Waals surface area contributed by atoms with Gasteiger partial charge in [-0.2, -0.15) is 0 Å². The van der Waals surface area contributed by atoms with E-state index in [0.29, 0.717) is 28.2 Å². The Morgan fingerprint density at radius 3 is 2.36 bits per heavy atom. The van der Waals surface area contributed by atoms with E-state index in [1.165, 1.54) is 0 Å². The lowest BCUT2D eigenvalue weighted by Crippen LogP contribution is -2.37. The van der Waals surface area contributed by atoms with Gasteiger partial charge in [0.15, 0.2) is 0 Å². The molecule has 3 rings (SSSR count). The molecule has 0 saturated carbocycles. The molecule has 0 radical (unpaired) electrons. The average molecular weight is 420 g/mol. The Morgan fingerprint density at radius 1 is 1.14 bits per heavy atom. The molecule has 2 aromatic rings. The molecular formula is C21H23Cl2N3O2. The first-order valence-electron chi connectivity index (χ1n) is 9.31. The summed E-state index contributed by atoms with van der Waals surface area (Å²) >= 11 is 12.2. The van der Waals surface area contributed by atoms with Crippen molar-refractivity contribution in [3.8, 4) is 11.1 Å². The van der Waals surface area contributed by atoms with Crippen molar-refractivity contribution in [2.24, 2.45) is 5.92 Å². The maximum atomic E-state index is 12.4. The summed E-state index contributed by atoms with van der Waals surface area (Å²) in [5, 5.41) is 4.01. The minimum absolute atomic E-state index is 0.0493. The van der Waals surface area contributed by atoms with Crippen LogP contribution in [0.1, 0.15) is 31.9 Å². The van der Waals surface area contributed by atoms with Gasteiger partial charge in [0, 0.05) is 47.7 Å². The second kappa shape index (κ2) is 8.93. The normalized spacial score (nSPS) is 14.8. The van der Waals surface area contributed by atoms with Gasteiger partial charge in [0.2, 0.25) is 11.8 Å². The van der Waals surface area contributed by atoms with Crippen molar-refractivity contribution in [1.82, 2.24) is 9.88 Å². The summed E-state index contributed by atoms with van der Waals surface area (Å²) < 4.78 is 0. The number of likely N-dealkylation sites (tertiary alicyclic amines) is 1. The largest absolute Gasteiger partial charge is 0.343 e. The number of carbonyl (C=O) groups is 2. The van der Waals surface area contributed by atoms with Gasteiger partial charge in [0.05, 0.1) is 0 Å². The minimum Gasteiger partial charge on any atom is -0.343 e. The number of piperidine rings is 1. The van der Waals surface area contributed by atoms with Crippen LogP contribution < -0.4 is 5.32 Å². The van der Waals surface area contributed by atoms with Crippen LogP contribution in [0.4, 0.5) is 5.82 Å². The fourth-order valence-electron chi connectivity index (χ4n) is 3.55. The predicted octanol–water partition coefficient (Wildman–Crippen LogP) is 4.95. The summed E-state index contributed by atoms with van der Waals surface area (Å²) in [5.41, 5.74) is 2.59. The number of halogens is 2. The number of hydrogen-bond donors (Lipinski definition) is 1. The molecule has 0 spiro atoms. The summed E-state index contributed by atoms with van der Waals surface area (Å²) in [5.74, 6) is 0.875. The molecule has 0 atom stereocenters. The fourth-order valence-corrected chi connectivity index (χ4v) is 4.08. The van der Waals surface area contributed by atoms with Gasteiger partial charge in [0.1, 0.15) is 5.82 Å². The second-order valence-electron chi connectivity index (χ2n) is 7.19. The zero-order chi connectivity index (χ0) is 20.3. The lowest BCUT2D eigenvalue weighted by Gasteiger charge is -2.30. The molecule has 1 N–H and O–H groups in total. The van der Waals surface area contributed by atoms with Crippen molar-refractivity contribution in [2.45, 2.75) is 33.1 Å². The number of nitrogens with one attached hydrogen (secondary N) is 1. The topological polar surface area (TPSA) is 62.3 Å². The first-order valence-corrected chi connectivity index (χ1v) is 10.1.